The number of anilines is 1. The Morgan fingerprint density at radius 1 is 0.914 bits per heavy atom. The average Bonchev–Trinajstić information content (AvgIpc) is 3.33. The second-order valence-electron chi connectivity index (χ2n) is 7.92. The number of fused-ring (bicyclic) bond motifs is 3. The number of aromatic amines is 1. The predicted octanol–water partition coefficient (Wildman–Crippen LogP) is 6.38. The summed E-state index contributed by atoms with van der Waals surface area (Å²) in [6.07, 6.45) is 1.25. The summed E-state index contributed by atoms with van der Waals surface area (Å²) in [5, 5.41) is 21.0. The minimum Gasteiger partial charge on any atom is -0.448 e. The van der Waals surface area contributed by atoms with Gasteiger partial charge in [0.1, 0.15) is 0 Å². The molecule has 35 heavy (non-hydrogen) atoms. The minimum absolute atomic E-state index is 0.418. The van der Waals surface area contributed by atoms with Gasteiger partial charge < -0.3 is 10.1 Å². The van der Waals surface area contributed by atoms with E-state index in [0.29, 0.717) is 27.5 Å². The first-order chi connectivity index (χ1) is 17.2. The zero-order valence-corrected chi connectivity index (χ0v) is 19.9. The first-order valence-electron chi connectivity index (χ1n) is 11.0. The second kappa shape index (κ2) is 9.40. The molecule has 0 amide bonds. The van der Waals surface area contributed by atoms with E-state index in [4.69, 9.17) is 21.3 Å². The van der Waals surface area contributed by atoms with Crippen LogP contribution in [0.25, 0.3) is 22.5 Å². The molecule has 1 aliphatic heterocycles. The van der Waals surface area contributed by atoms with E-state index < -0.39 is 6.23 Å². The van der Waals surface area contributed by atoms with Crippen molar-refractivity contribution in [1.29, 1.82) is 0 Å². The van der Waals surface area contributed by atoms with Gasteiger partial charge in [-0.2, -0.15) is 10.1 Å². The Morgan fingerprint density at radius 2 is 1.71 bits per heavy atom. The van der Waals surface area contributed by atoms with Gasteiger partial charge in [-0.1, -0.05) is 84.0 Å². The quantitative estimate of drug-likeness (QED) is 0.272. The van der Waals surface area contributed by atoms with Gasteiger partial charge in [0.2, 0.25) is 17.3 Å². The number of hydrogen-bond donors (Lipinski definition) is 2. The second-order valence-corrected chi connectivity index (χ2v) is 9.30. The summed E-state index contributed by atoms with van der Waals surface area (Å²) in [6.45, 7) is 0. The number of nitrogens with zero attached hydrogens (tertiary/aromatic N) is 4. The fourth-order valence-corrected chi connectivity index (χ4v) is 4.77. The average molecular weight is 499 g/mol. The number of hydrogen-bond acceptors (Lipinski definition) is 7. The molecule has 2 aromatic heterocycles. The van der Waals surface area contributed by atoms with Crippen molar-refractivity contribution in [2.24, 2.45) is 0 Å². The third-order valence-corrected chi connectivity index (χ3v) is 6.79. The van der Waals surface area contributed by atoms with E-state index in [1.807, 2.05) is 78.9 Å². The third-order valence-electron chi connectivity index (χ3n) is 5.63. The summed E-state index contributed by atoms with van der Waals surface area (Å²) in [7, 11) is 0. The summed E-state index contributed by atoms with van der Waals surface area (Å²) in [5.41, 5.74) is 6.24. The Labute approximate surface area is 210 Å². The molecule has 7 nitrogen and oxygen atoms in total. The molecule has 1 aliphatic rings. The zero-order chi connectivity index (χ0) is 23.6. The van der Waals surface area contributed by atoms with Crippen molar-refractivity contribution >= 4 is 29.1 Å². The Bertz CT molecular complexity index is 1480. The van der Waals surface area contributed by atoms with Gasteiger partial charge in [-0.3, -0.25) is 5.10 Å². The Morgan fingerprint density at radius 3 is 2.57 bits per heavy atom. The Balaban J connectivity index is 1.36. The number of rotatable bonds is 5. The molecule has 1 atom stereocenters. The molecule has 0 fully saturated rings. The van der Waals surface area contributed by atoms with Crippen molar-refractivity contribution in [1.82, 2.24) is 25.4 Å². The van der Waals surface area contributed by atoms with Crippen LogP contribution < -0.4 is 10.1 Å². The fraction of sp³-hybridized carbons (Fsp3) is 0.0769. The van der Waals surface area contributed by atoms with Gasteiger partial charge >= 0.3 is 0 Å². The van der Waals surface area contributed by atoms with E-state index in [0.717, 1.165) is 33.6 Å². The van der Waals surface area contributed by atoms with Crippen LogP contribution in [0.2, 0.25) is 5.02 Å². The van der Waals surface area contributed by atoms with Crippen LogP contribution >= 0.6 is 23.4 Å². The maximum atomic E-state index is 6.44. The molecular formula is C26H19ClN6OS. The molecule has 3 aromatic carbocycles. The molecule has 172 valence electrons. The number of benzene rings is 3. The molecule has 1 unspecified atom stereocenters. The number of nitrogens with one attached hydrogen (secondary N) is 2. The Hall–Kier alpha value is -3.88. The van der Waals surface area contributed by atoms with Crippen LogP contribution in [-0.4, -0.2) is 25.4 Å². The molecular weight excluding hydrogens is 480 g/mol. The van der Waals surface area contributed by atoms with Crippen LogP contribution in [0.5, 0.6) is 5.88 Å². The fourth-order valence-electron chi connectivity index (χ4n) is 3.91. The molecule has 5 aromatic rings. The third kappa shape index (κ3) is 4.45. The summed E-state index contributed by atoms with van der Waals surface area (Å²) in [5.74, 6) is 1.11. The number of para-hydroxylation sites is 1. The van der Waals surface area contributed by atoms with Crippen molar-refractivity contribution in [3.8, 4) is 28.4 Å². The monoisotopic (exact) mass is 498 g/mol. The van der Waals surface area contributed by atoms with Crippen molar-refractivity contribution in [3.63, 3.8) is 0 Å². The van der Waals surface area contributed by atoms with Crippen molar-refractivity contribution in [2.75, 3.05) is 5.32 Å². The molecule has 0 radical (unpaired) electrons. The number of ether oxygens (including phenoxy) is 1. The highest BCUT2D eigenvalue weighted by Crippen LogP contribution is 2.41. The molecule has 0 spiro atoms. The number of aromatic nitrogens is 5. The molecule has 0 aliphatic carbocycles. The van der Waals surface area contributed by atoms with Crippen LogP contribution in [0.3, 0.4) is 0 Å². The lowest BCUT2D eigenvalue weighted by Gasteiger charge is -2.19. The van der Waals surface area contributed by atoms with Crippen LogP contribution in [-0.2, 0) is 5.75 Å². The first kappa shape index (κ1) is 21.6. The van der Waals surface area contributed by atoms with E-state index in [9.17, 15) is 0 Å². The van der Waals surface area contributed by atoms with E-state index in [2.05, 4.69) is 25.7 Å². The zero-order valence-electron chi connectivity index (χ0n) is 18.4. The van der Waals surface area contributed by atoms with Crippen LogP contribution in [0.1, 0.15) is 17.4 Å². The lowest BCUT2D eigenvalue weighted by Crippen LogP contribution is -2.17. The minimum atomic E-state index is -0.530. The van der Waals surface area contributed by atoms with Gasteiger partial charge in [0.05, 0.1) is 17.5 Å². The van der Waals surface area contributed by atoms with Gasteiger partial charge in [0.25, 0.3) is 0 Å². The van der Waals surface area contributed by atoms with Crippen molar-refractivity contribution in [3.05, 3.63) is 101 Å². The topological polar surface area (TPSA) is 88.6 Å². The summed E-state index contributed by atoms with van der Waals surface area (Å²) in [6, 6.07) is 25.7. The normalized spacial score (nSPS) is 14.3. The van der Waals surface area contributed by atoms with Crippen LogP contribution in [0, 0.1) is 0 Å². The van der Waals surface area contributed by atoms with E-state index >= 15 is 0 Å². The number of thioether (sulfide) groups is 1. The number of H-pyrrole nitrogens is 1. The summed E-state index contributed by atoms with van der Waals surface area (Å²) in [4.78, 5) is 4.74. The molecule has 0 saturated heterocycles. The van der Waals surface area contributed by atoms with Gasteiger partial charge in [-0.25, -0.2) is 0 Å². The lowest BCUT2D eigenvalue weighted by molar-refractivity contribution is 0.226. The molecule has 2 N–H and O–H groups in total. The standard InChI is InChI=1S/C26H19ClN6OS/c27-18-12-10-16(11-13-18)15-35-26-30-25-23(32-33-26)19-8-4-5-9-21(19)29-24(34-25)20-14-28-31-22(20)17-6-2-1-3-7-17/h1-14,24,29H,15H2,(H,28,31). The van der Waals surface area contributed by atoms with E-state index in [-0.39, 0.29) is 0 Å². The molecule has 0 bridgehead atoms. The summed E-state index contributed by atoms with van der Waals surface area (Å²) >= 11 is 7.49. The molecule has 0 saturated carbocycles. The lowest BCUT2D eigenvalue weighted by atomic mass is 10.1. The highest BCUT2D eigenvalue weighted by atomic mass is 35.5. The van der Waals surface area contributed by atoms with E-state index in [1.165, 1.54) is 11.8 Å². The molecule has 3 heterocycles. The van der Waals surface area contributed by atoms with Gasteiger partial charge in [-0.05, 0) is 23.8 Å². The molecule has 6 rings (SSSR count). The highest BCUT2D eigenvalue weighted by molar-refractivity contribution is 7.98. The largest absolute Gasteiger partial charge is 0.448 e. The van der Waals surface area contributed by atoms with Crippen molar-refractivity contribution < 1.29 is 4.74 Å². The van der Waals surface area contributed by atoms with Gasteiger partial charge in [-0.15, -0.1) is 10.2 Å². The summed E-state index contributed by atoms with van der Waals surface area (Å²) < 4.78 is 6.44. The van der Waals surface area contributed by atoms with Crippen LogP contribution in [0.4, 0.5) is 5.69 Å². The first-order valence-corrected chi connectivity index (χ1v) is 12.3. The maximum Gasteiger partial charge on any atom is 0.247 e. The van der Waals surface area contributed by atoms with Crippen molar-refractivity contribution in [2.45, 2.75) is 17.1 Å². The predicted molar refractivity (Wildman–Crippen MR) is 137 cm³/mol. The highest BCUT2D eigenvalue weighted by Gasteiger charge is 2.28. The van der Waals surface area contributed by atoms with E-state index in [1.54, 1.807) is 6.20 Å². The maximum absolute atomic E-state index is 6.44. The SMILES string of the molecule is Clc1ccc(CSc2nnc3c(n2)OC(c2cn[nH]c2-c2ccccc2)Nc2ccccc2-3)cc1. The smallest absolute Gasteiger partial charge is 0.247 e. The van der Waals surface area contributed by atoms with Gasteiger partial charge in [0.15, 0.2) is 5.69 Å². The van der Waals surface area contributed by atoms with Crippen LogP contribution in [0.15, 0.2) is 90.2 Å². The number of halogens is 1. The molecule has 9 heteroatoms. The van der Waals surface area contributed by atoms with Gasteiger partial charge in [0, 0.05) is 27.6 Å². The Kier molecular flexibility index (Phi) is 5.81.